The van der Waals surface area contributed by atoms with E-state index in [9.17, 15) is 14.3 Å². The first-order chi connectivity index (χ1) is 8.98. The van der Waals surface area contributed by atoms with E-state index in [1.54, 1.807) is 0 Å². The summed E-state index contributed by atoms with van der Waals surface area (Å²) in [4.78, 5) is 11.7. The second-order valence-corrected chi connectivity index (χ2v) is 4.89. The number of hydrogen-bond acceptors (Lipinski definition) is 4. The first-order valence-electron chi connectivity index (χ1n) is 6.16. The summed E-state index contributed by atoms with van der Waals surface area (Å²) in [6, 6.07) is 3.83. The monoisotopic (exact) mass is 268 g/mol. The van der Waals surface area contributed by atoms with E-state index in [0.29, 0.717) is 18.5 Å². The summed E-state index contributed by atoms with van der Waals surface area (Å²) in [6.45, 7) is 1.37. The zero-order valence-corrected chi connectivity index (χ0v) is 10.4. The molecule has 0 aromatic heterocycles. The van der Waals surface area contributed by atoms with Gasteiger partial charge in [0.25, 0.3) is 0 Å². The van der Waals surface area contributed by atoms with Crippen LogP contribution in [0.15, 0.2) is 18.2 Å². The molecule has 0 spiro atoms. The van der Waals surface area contributed by atoms with E-state index in [1.165, 1.54) is 12.1 Å². The Morgan fingerprint density at radius 1 is 1.53 bits per heavy atom. The van der Waals surface area contributed by atoms with Gasteiger partial charge in [0.15, 0.2) is 11.6 Å². The average Bonchev–Trinajstić information content (AvgIpc) is 2.79. The third-order valence-corrected chi connectivity index (χ3v) is 3.21. The van der Waals surface area contributed by atoms with Crippen LogP contribution in [0.3, 0.4) is 0 Å². The molecule has 0 saturated carbocycles. The van der Waals surface area contributed by atoms with E-state index in [1.807, 2.05) is 0 Å². The third-order valence-electron chi connectivity index (χ3n) is 3.21. The lowest BCUT2D eigenvalue weighted by Crippen LogP contribution is -2.44. The number of benzene rings is 1. The molecular weight excluding hydrogens is 251 g/mol. The molecule has 1 heterocycles. The topological polar surface area (TPSA) is 81.6 Å². The lowest BCUT2D eigenvalue weighted by molar-refractivity contribution is -0.121. The van der Waals surface area contributed by atoms with Gasteiger partial charge >= 0.3 is 0 Å². The van der Waals surface area contributed by atoms with E-state index in [4.69, 9.17) is 5.11 Å². The number of phenolic OH excluding ortho intramolecular Hbond substituents is 1. The highest BCUT2D eigenvalue weighted by molar-refractivity contribution is 5.78. The normalized spacial score (nSPS) is 22.4. The van der Waals surface area contributed by atoms with Crippen LogP contribution in [0.25, 0.3) is 0 Å². The molecule has 0 radical (unpaired) electrons. The van der Waals surface area contributed by atoms with E-state index < -0.39 is 17.2 Å². The molecule has 104 valence electrons. The Morgan fingerprint density at radius 3 is 2.95 bits per heavy atom. The second kappa shape index (κ2) is 5.54. The number of aliphatic hydroxyl groups is 1. The minimum atomic E-state index is -0.893. The Balaban J connectivity index is 1.85. The summed E-state index contributed by atoms with van der Waals surface area (Å²) < 4.78 is 13.1. The summed E-state index contributed by atoms with van der Waals surface area (Å²) in [5.41, 5.74) is -0.417. The summed E-state index contributed by atoms with van der Waals surface area (Å²) in [5, 5.41) is 24.7. The number of amides is 1. The van der Waals surface area contributed by atoms with Gasteiger partial charge in [0.05, 0.1) is 12.0 Å². The Morgan fingerprint density at radius 2 is 2.32 bits per heavy atom. The molecule has 1 aromatic rings. The molecule has 1 aromatic carbocycles. The van der Waals surface area contributed by atoms with Gasteiger partial charge in [-0.15, -0.1) is 0 Å². The Kier molecular flexibility index (Phi) is 4.01. The molecule has 0 bridgehead atoms. The lowest BCUT2D eigenvalue weighted by Gasteiger charge is -2.21. The summed E-state index contributed by atoms with van der Waals surface area (Å²) in [5.74, 6) is -1.47. The van der Waals surface area contributed by atoms with Crippen LogP contribution < -0.4 is 10.6 Å². The van der Waals surface area contributed by atoms with Crippen molar-refractivity contribution < 1.29 is 19.4 Å². The SMILES string of the molecule is O=C(Cc1ccc(O)c(F)c1)NC[C@@]1(O)CCNC1. The first kappa shape index (κ1) is 13.8. The molecule has 5 nitrogen and oxygen atoms in total. The third kappa shape index (κ3) is 3.65. The average molecular weight is 268 g/mol. The molecule has 2 rings (SSSR count). The molecule has 1 aliphatic heterocycles. The number of carbonyl (C=O) groups is 1. The van der Waals surface area contributed by atoms with Crippen LogP contribution in [0.4, 0.5) is 4.39 Å². The van der Waals surface area contributed by atoms with Gasteiger partial charge in [0.1, 0.15) is 0 Å². The molecule has 1 saturated heterocycles. The Labute approximate surface area is 110 Å². The van der Waals surface area contributed by atoms with Gasteiger partial charge in [0, 0.05) is 13.1 Å². The second-order valence-electron chi connectivity index (χ2n) is 4.89. The van der Waals surface area contributed by atoms with E-state index in [2.05, 4.69) is 10.6 Å². The van der Waals surface area contributed by atoms with Gasteiger partial charge in [-0.25, -0.2) is 4.39 Å². The van der Waals surface area contributed by atoms with Crippen molar-refractivity contribution in [2.24, 2.45) is 0 Å². The highest BCUT2D eigenvalue weighted by Gasteiger charge is 2.31. The number of nitrogens with one attached hydrogen (secondary N) is 2. The quantitative estimate of drug-likeness (QED) is 0.615. The van der Waals surface area contributed by atoms with Crippen LogP contribution in [-0.2, 0) is 11.2 Å². The van der Waals surface area contributed by atoms with Crippen molar-refractivity contribution in [3.8, 4) is 5.75 Å². The van der Waals surface area contributed by atoms with Crippen molar-refractivity contribution in [3.05, 3.63) is 29.6 Å². The van der Waals surface area contributed by atoms with Crippen molar-refractivity contribution in [2.45, 2.75) is 18.4 Å². The maximum Gasteiger partial charge on any atom is 0.224 e. The largest absolute Gasteiger partial charge is 0.505 e. The number of hydrogen-bond donors (Lipinski definition) is 4. The fourth-order valence-corrected chi connectivity index (χ4v) is 2.05. The molecule has 0 unspecified atom stereocenters. The van der Waals surface area contributed by atoms with Crippen molar-refractivity contribution in [1.82, 2.24) is 10.6 Å². The van der Waals surface area contributed by atoms with Crippen LogP contribution >= 0.6 is 0 Å². The molecule has 1 fully saturated rings. The molecule has 1 aliphatic rings. The number of rotatable bonds is 4. The van der Waals surface area contributed by atoms with Gasteiger partial charge in [0.2, 0.25) is 5.91 Å². The van der Waals surface area contributed by atoms with Crippen molar-refractivity contribution in [2.75, 3.05) is 19.6 Å². The highest BCUT2D eigenvalue weighted by atomic mass is 19.1. The van der Waals surface area contributed by atoms with Crippen molar-refractivity contribution in [3.63, 3.8) is 0 Å². The van der Waals surface area contributed by atoms with Gasteiger partial charge in [-0.1, -0.05) is 6.07 Å². The van der Waals surface area contributed by atoms with Gasteiger partial charge in [-0.2, -0.15) is 0 Å². The molecule has 19 heavy (non-hydrogen) atoms. The van der Waals surface area contributed by atoms with E-state index in [-0.39, 0.29) is 18.9 Å². The number of carbonyl (C=O) groups excluding carboxylic acids is 1. The van der Waals surface area contributed by atoms with Crippen LogP contribution in [0.1, 0.15) is 12.0 Å². The zero-order valence-electron chi connectivity index (χ0n) is 10.4. The maximum absolute atomic E-state index is 13.1. The summed E-state index contributed by atoms with van der Waals surface area (Å²) >= 11 is 0. The van der Waals surface area contributed by atoms with Gasteiger partial charge < -0.3 is 20.8 Å². The van der Waals surface area contributed by atoms with Gasteiger partial charge in [-0.05, 0) is 30.7 Å². The standard InChI is InChI=1S/C13H17FN2O3/c14-10-5-9(1-2-11(10)17)6-12(18)16-8-13(19)3-4-15-7-13/h1-2,5,15,17,19H,3-4,6-8H2,(H,16,18)/t13-/m1/s1. The van der Waals surface area contributed by atoms with Crippen molar-refractivity contribution >= 4 is 5.91 Å². The summed E-state index contributed by atoms with van der Waals surface area (Å²) in [7, 11) is 0. The number of phenols is 1. The zero-order chi connectivity index (χ0) is 13.9. The fraction of sp³-hybridized carbons (Fsp3) is 0.462. The highest BCUT2D eigenvalue weighted by Crippen LogP contribution is 2.16. The molecule has 1 amide bonds. The number of β-amino-alcohol motifs (C(OH)–C–C–N with tert-alkyl or cyclic N) is 1. The smallest absolute Gasteiger partial charge is 0.224 e. The van der Waals surface area contributed by atoms with Crippen LogP contribution in [0, 0.1) is 5.82 Å². The van der Waals surface area contributed by atoms with Crippen LogP contribution in [0.2, 0.25) is 0 Å². The fourth-order valence-electron chi connectivity index (χ4n) is 2.05. The predicted octanol–water partition coefficient (Wildman–Crippen LogP) is -0.0856. The van der Waals surface area contributed by atoms with E-state index in [0.717, 1.165) is 12.6 Å². The lowest BCUT2D eigenvalue weighted by atomic mass is 10.0. The maximum atomic E-state index is 13.1. The Hall–Kier alpha value is -1.66. The first-order valence-corrected chi connectivity index (χ1v) is 6.16. The minimum absolute atomic E-state index is 0.0146. The van der Waals surface area contributed by atoms with Crippen molar-refractivity contribution in [1.29, 1.82) is 0 Å². The molecular formula is C13H17FN2O3. The molecule has 1 atom stereocenters. The Bertz CT molecular complexity index is 473. The van der Waals surface area contributed by atoms with Crippen LogP contribution in [0.5, 0.6) is 5.75 Å². The number of halogens is 1. The molecule has 6 heteroatoms. The van der Waals surface area contributed by atoms with Gasteiger partial charge in [-0.3, -0.25) is 4.79 Å². The summed E-state index contributed by atoms with van der Waals surface area (Å²) in [6.07, 6.45) is 0.613. The molecule has 0 aliphatic carbocycles. The molecule has 4 N–H and O–H groups in total. The number of aromatic hydroxyl groups is 1. The minimum Gasteiger partial charge on any atom is -0.505 e. The van der Waals surface area contributed by atoms with Crippen LogP contribution in [-0.4, -0.2) is 41.4 Å². The predicted molar refractivity (Wildman–Crippen MR) is 67.2 cm³/mol. The van der Waals surface area contributed by atoms with E-state index >= 15 is 0 Å².